The summed E-state index contributed by atoms with van der Waals surface area (Å²) in [5.41, 5.74) is 1.80. The van der Waals surface area contributed by atoms with Crippen molar-refractivity contribution in [2.45, 2.75) is 59.4 Å². The molecule has 0 unspecified atom stereocenters. The van der Waals surface area contributed by atoms with Crippen molar-refractivity contribution in [3.05, 3.63) is 28.2 Å². The molecule has 0 heterocycles. The lowest BCUT2D eigenvalue weighted by molar-refractivity contribution is -0.131. The van der Waals surface area contributed by atoms with Gasteiger partial charge in [-0.05, 0) is 68.2 Å². The molecule has 2 N–H and O–H groups in total. The third-order valence-corrected chi connectivity index (χ3v) is 5.95. The normalized spacial score (nSPS) is 21.7. The second kappa shape index (κ2) is 8.84. The monoisotopic (exact) mass is 408 g/mol. The quantitative estimate of drug-likeness (QED) is 0.743. The molecule has 2 rings (SSSR count). The van der Waals surface area contributed by atoms with Crippen molar-refractivity contribution in [3.63, 3.8) is 0 Å². The standard InChI is InChI=1S/C20H29BrN2O2/c1-12(2)18(23-19(24)15-7-5-13(3)6-8-15)20(25)22-16-9-10-17(21)14(4)11-16/h9-13,15,18H,5-8H2,1-4H3,(H,22,25)(H,23,24)/t13?,15?,18-/m0/s1. The maximum Gasteiger partial charge on any atom is 0.247 e. The summed E-state index contributed by atoms with van der Waals surface area (Å²) in [5.74, 6) is 0.638. The molecule has 5 heteroatoms. The molecule has 1 aliphatic rings. The summed E-state index contributed by atoms with van der Waals surface area (Å²) in [6.07, 6.45) is 4.03. The van der Waals surface area contributed by atoms with Crippen LogP contribution in [0.25, 0.3) is 0 Å². The van der Waals surface area contributed by atoms with Gasteiger partial charge in [-0.15, -0.1) is 0 Å². The first-order valence-corrected chi connectivity index (χ1v) is 9.94. The van der Waals surface area contributed by atoms with E-state index < -0.39 is 6.04 Å². The maximum atomic E-state index is 12.7. The van der Waals surface area contributed by atoms with Crippen molar-refractivity contribution < 1.29 is 9.59 Å². The smallest absolute Gasteiger partial charge is 0.247 e. The predicted octanol–water partition coefficient (Wildman–Crippen LogP) is 4.66. The van der Waals surface area contributed by atoms with Gasteiger partial charge < -0.3 is 10.6 Å². The van der Waals surface area contributed by atoms with Gasteiger partial charge in [0, 0.05) is 16.1 Å². The van der Waals surface area contributed by atoms with Crippen LogP contribution in [0.1, 0.15) is 52.0 Å². The van der Waals surface area contributed by atoms with E-state index in [0.29, 0.717) is 5.92 Å². The Labute approximate surface area is 159 Å². The van der Waals surface area contributed by atoms with E-state index in [1.807, 2.05) is 39.0 Å². The number of hydrogen-bond acceptors (Lipinski definition) is 2. The molecule has 1 aliphatic carbocycles. The summed E-state index contributed by atoms with van der Waals surface area (Å²) in [6, 6.07) is 5.17. The molecule has 0 spiro atoms. The summed E-state index contributed by atoms with van der Waals surface area (Å²) < 4.78 is 1.01. The van der Waals surface area contributed by atoms with Gasteiger partial charge in [-0.1, -0.05) is 36.7 Å². The van der Waals surface area contributed by atoms with Crippen molar-refractivity contribution in [1.82, 2.24) is 5.32 Å². The topological polar surface area (TPSA) is 58.2 Å². The van der Waals surface area contributed by atoms with E-state index >= 15 is 0 Å². The highest BCUT2D eigenvalue weighted by atomic mass is 79.9. The average Bonchev–Trinajstić information content (AvgIpc) is 2.56. The largest absolute Gasteiger partial charge is 0.344 e. The summed E-state index contributed by atoms with van der Waals surface area (Å²) in [5, 5.41) is 5.92. The van der Waals surface area contributed by atoms with Gasteiger partial charge in [0.2, 0.25) is 11.8 Å². The fraction of sp³-hybridized carbons (Fsp3) is 0.600. The second-order valence-electron chi connectivity index (χ2n) is 7.64. The third kappa shape index (κ3) is 5.56. The lowest BCUT2D eigenvalue weighted by atomic mass is 9.82. The minimum atomic E-state index is -0.518. The summed E-state index contributed by atoms with van der Waals surface area (Å²) in [6.45, 7) is 8.13. The zero-order valence-electron chi connectivity index (χ0n) is 15.6. The molecule has 1 saturated carbocycles. The van der Waals surface area contributed by atoms with E-state index in [2.05, 4.69) is 33.5 Å². The van der Waals surface area contributed by atoms with Crippen molar-refractivity contribution in [2.24, 2.45) is 17.8 Å². The van der Waals surface area contributed by atoms with E-state index in [9.17, 15) is 9.59 Å². The highest BCUT2D eigenvalue weighted by Crippen LogP contribution is 2.28. The van der Waals surface area contributed by atoms with Crippen LogP contribution in [0, 0.1) is 24.7 Å². The van der Waals surface area contributed by atoms with Gasteiger partial charge in [0.25, 0.3) is 0 Å². The molecule has 1 aromatic rings. The molecular formula is C20H29BrN2O2. The Bertz CT molecular complexity index is 622. The minimum Gasteiger partial charge on any atom is -0.344 e. The fourth-order valence-electron chi connectivity index (χ4n) is 3.27. The molecule has 138 valence electrons. The lowest BCUT2D eigenvalue weighted by Crippen LogP contribution is -2.49. The van der Waals surface area contributed by atoms with Crippen molar-refractivity contribution in [2.75, 3.05) is 5.32 Å². The van der Waals surface area contributed by atoms with Gasteiger partial charge in [-0.3, -0.25) is 9.59 Å². The number of anilines is 1. The van der Waals surface area contributed by atoms with Crippen LogP contribution in [0.5, 0.6) is 0 Å². The van der Waals surface area contributed by atoms with Crippen LogP contribution in [0.2, 0.25) is 0 Å². The van der Waals surface area contributed by atoms with E-state index in [4.69, 9.17) is 0 Å². The van der Waals surface area contributed by atoms with Gasteiger partial charge >= 0.3 is 0 Å². The Morgan fingerprint density at radius 3 is 2.36 bits per heavy atom. The predicted molar refractivity (Wildman–Crippen MR) is 105 cm³/mol. The zero-order valence-corrected chi connectivity index (χ0v) is 17.2. The number of carbonyl (C=O) groups is 2. The number of halogens is 1. The number of benzene rings is 1. The number of nitrogens with one attached hydrogen (secondary N) is 2. The van der Waals surface area contributed by atoms with Crippen LogP contribution in [0.4, 0.5) is 5.69 Å². The number of hydrogen-bond donors (Lipinski definition) is 2. The van der Waals surface area contributed by atoms with Gasteiger partial charge in [-0.25, -0.2) is 0 Å². The Morgan fingerprint density at radius 1 is 1.16 bits per heavy atom. The van der Waals surface area contributed by atoms with Gasteiger partial charge in [-0.2, -0.15) is 0 Å². The van der Waals surface area contributed by atoms with E-state index in [0.717, 1.165) is 41.4 Å². The molecule has 2 amide bonds. The first kappa shape index (κ1) is 20.0. The van der Waals surface area contributed by atoms with Crippen LogP contribution in [-0.2, 0) is 9.59 Å². The molecule has 25 heavy (non-hydrogen) atoms. The Morgan fingerprint density at radius 2 is 1.80 bits per heavy atom. The SMILES string of the molecule is Cc1cc(NC(=O)[C@@H](NC(=O)C2CCC(C)CC2)C(C)C)ccc1Br. The molecule has 1 fully saturated rings. The minimum absolute atomic E-state index is 0.0211. The number of carbonyl (C=O) groups excluding carboxylic acids is 2. The summed E-state index contributed by atoms with van der Waals surface area (Å²) >= 11 is 3.46. The Hall–Kier alpha value is -1.36. The molecule has 1 aromatic carbocycles. The van der Waals surface area contributed by atoms with E-state index in [-0.39, 0.29) is 23.7 Å². The number of amides is 2. The van der Waals surface area contributed by atoms with E-state index in [1.165, 1.54) is 0 Å². The summed E-state index contributed by atoms with van der Waals surface area (Å²) in [4.78, 5) is 25.3. The molecule has 0 aliphatic heterocycles. The van der Waals surface area contributed by atoms with Gasteiger partial charge in [0.05, 0.1) is 0 Å². The van der Waals surface area contributed by atoms with Crippen LogP contribution in [0.3, 0.4) is 0 Å². The molecule has 4 nitrogen and oxygen atoms in total. The molecular weight excluding hydrogens is 380 g/mol. The average molecular weight is 409 g/mol. The van der Waals surface area contributed by atoms with Crippen molar-refractivity contribution >= 4 is 33.4 Å². The fourth-order valence-corrected chi connectivity index (χ4v) is 3.52. The first-order valence-electron chi connectivity index (χ1n) is 9.15. The molecule has 0 saturated heterocycles. The molecule has 0 radical (unpaired) electrons. The number of aryl methyl sites for hydroxylation is 1. The molecule has 1 atom stereocenters. The Kier molecular flexibility index (Phi) is 7.05. The molecule has 0 bridgehead atoms. The number of rotatable bonds is 5. The summed E-state index contributed by atoms with van der Waals surface area (Å²) in [7, 11) is 0. The molecule has 0 aromatic heterocycles. The first-order chi connectivity index (χ1) is 11.8. The van der Waals surface area contributed by atoms with Crippen LogP contribution in [-0.4, -0.2) is 17.9 Å². The highest BCUT2D eigenvalue weighted by Gasteiger charge is 2.29. The van der Waals surface area contributed by atoms with E-state index in [1.54, 1.807) is 0 Å². The van der Waals surface area contributed by atoms with Crippen LogP contribution < -0.4 is 10.6 Å². The van der Waals surface area contributed by atoms with Crippen LogP contribution >= 0.6 is 15.9 Å². The third-order valence-electron chi connectivity index (χ3n) is 5.06. The van der Waals surface area contributed by atoms with Crippen molar-refractivity contribution in [3.8, 4) is 0 Å². The van der Waals surface area contributed by atoms with Gasteiger partial charge in [0.1, 0.15) is 6.04 Å². The Balaban J connectivity index is 2.00. The zero-order chi connectivity index (χ0) is 18.6. The highest BCUT2D eigenvalue weighted by molar-refractivity contribution is 9.10. The van der Waals surface area contributed by atoms with Crippen molar-refractivity contribution in [1.29, 1.82) is 0 Å². The maximum absolute atomic E-state index is 12.7. The lowest BCUT2D eigenvalue weighted by Gasteiger charge is -2.28. The van der Waals surface area contributed by atoms with Gasteiger partial charge in [0.15, 0.2) is 0 Å². The van der Waals surface area contributed by atoms with Crippen LogP contribution in [0.15, 0.2) is 22.7 Å². The second-order valence-corrected chi connectivity index (χ2v) is 8.49.